The van der Waals surface area contributed by atoms with E-state index in [9.17, 15) is 22.4 Å². The second kappa shape index (κ2) is 13.9. The number of nitrogens with zero attached hydrogens (tertiary/aromatic N) is 2. The van der Waals surface area contributed by atoms with Gasteiger partial charge in [0, 0.05) is 33.1 Å². The van der Waals surface area contributed by atoms with Crippen molar-refractivity contribution >= 4 is 21.8 Å². The van der Waals surface area contributed by atoms with E-state index in [2.05, 4.69) is 5.32 Å². The zero-order valence-corrected chi connectivity index (χ0v) is 21.6. The third kappa shape index (κ3) is 8.43. The highest BCUT2D eigenvalue weighted by Gasteiger charge is 2.28. The van der Waals surface area contributed by atoms with E-state index in [1.807, 2.05) is 13.8 Å². The second-order valence-electron chi connectivity index (χ2n) is 8.46. The molecule has 2 amide bonds. The number of hydrogen-bond donors (Lipinski definition) is 1. The van der Waals surface area contributed by atoms with Gasteiger partial charge in [0.2, 0.25) is 21.8 Å². The van der Waals surface area contributed by atoms with Crippen LogP contribution in [-0.4, -0.2) is 55.6 Å². The van der Waals surface area contributed by atoms with Gasteiger partial charge >= 0.3 is 0 Å². The molecule has 2 rings (SSSR count). The fraction of sp³-hybridized carbons (Fsp3) is 0.462. The van der Waals surface area contributed by atoms with E-state index in [0.29, 0.717) is 24.9 Å². The number of unbranched alkanes of at least 4 members (excludes halogenated alkanes) is 1. The zero-order valence-electron chi connectivity index (χ0n) is 20.7. The van der Waals surface area contributed by atoms with Gasteiger partial charge in [0.1, 0.15) is 11.9 Å². The summed E-state index contributed by atoms with van der Waals surface area (Å²) in [5.74, 6) is -0.851. The summed E-state index contributed by atoms with van der Waals surface area (Å²) in [7, 11) is -2.16. The van der Waals surface area contributed by atoms with Crippen LogP contribution < -0.4 is 5.32 Å². The first-order valence-electron chi connectivity index (χ1n) is 12.0. The quantitative estimate of drug-likeness (QED) is 0.394. The second-order valence-corrected chi connectivity index (χ2v) is 10.5. The molecule has 0 saturated heterocycles. The lowest BCUT2D eigenvalue weighted by atomic mass is 10.1. The van der Waals surface area contributed by atoms with Gasteiger partial charge in [-0.25, -0.2) is 17.1 Å². The summed E-state index contributed by atoms with van der Waals surface area (Å²) in [6, 6.07) is 13.3. The van der Waals surface area contributed by atoms with Crippen LogP contribution in [0.2, 0.25) is 0 Å². The van der Waals surface area contributed by atoms with Crippen LogP contribution in [0.15, 0.2) is 59.5 Å². The minimum absolute atomic E-state index is 0.0780. The first-order valence-corrected chi connectivity index (χ1v) is 13.5. The van der Waals surface area contributed by atoms with Crippen molar-refractivity contribution in [2.24, 2.45) is 0 Å². The summed E-state index contributed by atoms with van der Waals surface area (Å²) in [4.78, 5) is 27.8. The van der Waals surface area contributed by atoms with Crippen molar-refractivity contribution in [3.63, 3.8) is 0 Å². The van der Waals surface area contributed by atoms with Gasteiger partial charge in [-0.2, -0.15) is 0 Å². The SMILES string of the molecule is CCCCNC(=O)[C@@H](CC)N(Cc1ccc(F)cc1)C(=O)CCCN(C)S(=O)(=O)c1ccccc1. The first-order chi connectivity index (χ1) is 16.7. The summed E-state index contributed by atoms with van der Waals surface area (Å²) < 4.78 is 40.1. The summed E-state index contributed by atoms with van der Waals surface area (Å²) in [5, 5.41) is 2.90. The molecule has 0 aliphatic rings. The standard InChI is InChI=1S/C26H36FN3O4S/c1-4-6-18-28-26(32)24(5-2)30(20-21-14-16-22(27)17-15-21)25(31)13-10-19-29(3)35(33,34)23-11-8-7-9-12-23/h7-9,11-12,14-17,24H,4-6,10,13,18-20H2,1-3H3,(H,28,32)/t24-/m1/s1. The Kier molecular flexibility index (Phi) is 11.3. The largest absolute Gasteiger partial charge is 0.354 e. The average molecular weight is 506 g/mol. The number of amides is 2. The van der Waals surface area contributed by atoms with Gasteiger partial charge < -0.3 is 10.2 Å². The van der Waals surface area contributed by atoms with Crippen LogP contribution >= 0.6 is 0 Å². The first kappa shape index (κ1) is 28.5. The fourth-order valence-corrected chi connectivity index (χ4v) is 4.93. The Balaban J connectivity index is 2.10. The van der Waals surface area contributed by atoms with E-state index in [1.54, 1.807) is 30.3 Å². The summed E-state index contributed by atoms with van der Waals surface area (Å²) in [6.07, 6.45) is 2.59. The van der Waals surface area contributed by atoms with Crippen molar-refractivity contribution in [1.29, 1.82) is 0 Å². The molecule has 35 heavy (non-hydrogen) atoms. The maximum absolute atomic E-state index is 13.4. The monoisotopic (exact) mass is 505 g/mol. The number of carbonyl (C=O) groups excluding carboxylic acids is 2. The van der Waals surface area contributed by atoms with E-state index in [4.69, 9.17) is 0 Å². The molecule has 0 fully saturated rings. The molecule has 2 aromatic carbocycles. The predicted molar refractivity (Wildman–Crippen MR) is 134 cm³/mol. The Bertz CT molecular complexity index is 1050. The summed E-state index contributed by atoms with van der Waals surface area (Å²) in [6.45, 7) is 4.73. The van der Waals surface area contributed by atoms with Gasteiger partial charge in [0.15, 0.2) is 0 Å². The molecule has 1 N–H and O–H groups in total. The number of sulfonamides is 1. The van der Waals surface area contributed by atoms with Gasteiger partial charge in [-0.3, -0.25) is 9.59 Å². The smallest absolute Gasteiger partial charge is 0.242 e. The average Bonchev–Trinajstić information content (AvgIpc) is 2.85. The third-order valence-electron chi connectivity index (χ3n) is 5.80. The van der Waals surface area contributed by atoms with Crippen molar-refractivity contribution in [1.82, 2.24) is 14.5 Å². The van der Waals surface area contributed by atoms with Crippen molar-refractivity contribution in [3.8, 4) is 0 Å². The van der Waals surface area contributed by atoms with Crippen molar-refractivity contribution in [3.05, 3.63) is 66.0 Å². The number of hydrogen-bond acceptors (Lipinski definition) is 4. The highest BCUT2D eigenvalue weighted by atomic mass is 32.2. The van der Waals surface area contributed by atoms with Gasteiger partial charge in [0.05, 0.1) is 4.90 Å². The van der Waals surface area contributed by atoms with Gasteiger partial charge in [-0.05, 0) is 49.1 Å². The lowest BCUT2D eigenvalue weighted by Gasteiger charge is -2.31. The van der Waals surface area contributed by atoms with Gasteiger partial charge in [0.25, 0.3) is 0 Å². The van der Waals surface area contributed by atoms with E-state index in [-0.39, 0.29) is 42.0 Å². The minimum Gasteiger partial charge on any atom is -0.354 e. The molecule has 0 heterocycles. The van der Waals surface area contributed by atoms with Crippen LogP contribution in [0.4, 0.5) is 4.39 Å². The zero-order chi connectivity index (χ0) is 25.8. The molecular formula is C26H36FN3O4S. The topological polar surface area (TPSA) is 86.8 Å². The molecule has 0 unspecified atom stereocenters. The molecule has 9 heteroatoms. The van der Waals surface area contributed by atoms with Crippen LogP contribution in [0.5, 0.6) is 0 Å². The van der Waals surface area contributed by atoms with Crippen LogP contribution in [0.3, 0.4) is 0 Å². The molecule has 0 aromatic heterocycles. The Morgan fingerprint density at radius 1 is 1.00 bits per heavy atom. The van der Waals surface area contributed by atoms with E-state index >= 15 is 0 Å². The van der Waals surface area contributed by atoms with Crippen molar-refractivity contribution < 1.29 is 22.4 Å². The molecular weight excluding hydrogens is 469 g/mol. The maximum Gasteiger partial charge on any atom is 0.242 e. The Labute approximate surface area is 208 Å². The molecule has 2 aromatic rings. The number of nitrogens with one attached hydrogen (secondary N) is 1. The third-order valence-corrected chi connectivity index (χ3v) is 7.67. The van der Waals surface area contributed by atoms with Crippen molar-refractivity contribution in [2.45, 2.75) is 63.4 Å². The number of benzene rings is 2. The van der Waals surface area contributed by atoms with Crippen LogP contribution in [0, 0.1) is 5.82 Å². The molecule has 0 bridgehead atoms. The van der Waals surface area contributed by atoms with Crippen LogP contribution in [0.1, 0.15) is 51.5 Å². The van der Waals surface area contributed by atoms with E-state index < -0.39 is 16.1 Å². The molecule has 7 nitrogen and oxygen atoms in total. The Hall–Kier alpha value is -2.78. The normalized spacial score (nSPS) is 12.4. The highest BCUT2D eigenvalue weighted by molar-refractivity contribution is 7.89. The van der Waals surface area contributed by atoms with Crippen LogP contribution in [-0.2, 0) is 26.2 Å². The van der Waals surface area contributed by atoms with E-state index in [0.717, 1.165) is 12.8 Å². The molecule has 0 aliphatic heterocycles. The molecule has 1 atom stereocenters. The molecule has 0 saturated carbocycles. The highest BCUT2D eigenvalue weighted by Crippen LogP contribution is 2.17. The molecule has 0 spiro atoms. The minimum atomic E-state index is -3.65. The lowest BCUT2D eigenvalue weighted by Crippen LogP contribution is -2.49. The number of halogens is 1. The Morgan fingerprint density at radius 3 is 2.26 bits per heavy atom. The molecule has 192 valence electrons. The van der Waals surface area contributed by atoms with Gasteiger partial charge in [-0.1, -0.05) is 50.6 Å². The summed E-state index contributed by atoms with van der Waals surface area (Å²) >= 11 is 0. The maximum atomic E-state index is 13.4. The van der Waals surface area contributed by atoms with E-state index in [1.165, 1.54) is 40.5 Å². The lowest BCUT2D eigenvalue weighted by molar-refractivity contribution is -0.141. The molecule has 0 radical (unpaired) electrons. The fourth-order valence-electron chi connectivity index (χ4n) is 3.70. The number of carbonyl (C=O) groups is 2. The Morgan fingerprint density at radius 2 is 1.66 bits per heavy atom. The van der Waals surface area contributed by atoms with Crippen molar-refractivity contribution in [2.75, 3.05) is 20.1 Å². The summed E-state index contributed by atoms with van der Waals surface area (Å²) in [5.41, 5.74) is 0.711. The number of rotatable bonds is 14. The molecule has 0 aliphatic carbocycles. The van der Waals surface area contributed by atoms with Crippen LogP contribution in [0.25, 0.3) is 0 Å². The predicted octanol–water partition coefficient (Wildman–Crippen LogP) is 3.95. The van der Waals surface area contributed by atoms with Gasteiger partial charge in [-0.15, -0.1) is 0 Å².